The Balaban J connectivity index is 1.86. The summed E-state index contributed by atoms with van der Waals surface area (Å²) < 4.78 is 0. The number of carbonyl (C=O) groups excluding carboxylic acids is 1. The number of carbonyl (C=O) groups is 2. The average Bonchev–Trinajstić information content (AvgIpc) is 2.84. The number of halogens is 1. The van der Waals surface area contributed by atoms with Crippen LogP contribution in [0, 0.1) is 6.92 Å². The number of aliphatic imine (C=N–C) groups is 1. The van der Waals surface area contributed by atoms with Crippen molar-refractivity contribution in [2.75, 3.05) is 0 Å². The molecule has 0 bridgehead atoms. The third-order valence-corrected chi connectivity index (χ3v) is 5.03. The molecule has 2 unspecified atom stereocenters. The molecular weight excluding hydrogens is 324 g/mol. The van der Waals surface area contributed by atoms with Crippen molar-refractivity contribution < 1.29 is 14.7 Å². The summed E-state index contributed by atoms with van der Waals surface area (Å²) in [6, 6.07) is 7.32. The Morgan fingerprint density at radius 2 is 2.00 bits per heavy atom. The molecule has 0 spiro atoms. The Hall–Kier alpha value is -1.79. The molecule has 0 aliphatic carbocycles. The highest BCUT2D eigenvalue weighted by Gasteiger charge is 2.55. The van der Waals surface area contributed by atoms with Gasteiger partial charge in [0, 0.05) is 10.6 Å². The number of thioether (sulfide) groups is 1. The second kappa shape index (κ2) is 5.44. The van der Waals surface area contributed by atoms with Crippen molar-refractivity contribution in [3.8, 4) is 0 Å². The van der Waals surface area contributed by atoms with E-state index in [1.807, 2.05) is 31.2 Å². The lowest BCUT2D eigenvalue weighted by molar-refractivity contribution is -0.147. The molecule has 2 aliphatic heterocycles. The van der Waals surface area contributed by atoms with Crippen molar-refractivity contribution in [2.24, 2.45) is 4.99 Å². The Morgan fingerprint density at radius 3 is 2.55 bits per heavy atom. The molecule has 114 valence electrons. The van der Waals surface area contributed by atoms with Crippen molar-refractivity contribution in [3.05, 3.63) is 46.1 Å². The van der Waals surface area contributed by atoms with Gasteiger partial charge in [0.2, 0.25) is 0 Å². The maximum atomic E-state index is 12.2. The van der Waals surface area contributed by atoms with E-state index in [4.69, 9.17) is 11.6 Å². The average molecular weight is 337 g/mol. The molecule has 1 aromatic carbocycles. The SMILES string of the molecule is CC(Cl)=C(C(=O)O)N1C(=O)C2N=C(c3ccc(C)cc3)SC21. The van der Waals surface area contributed by atoms with Gasteiger partial charge in [0.05, 0.1) is 0 Å². The largest absolute Gasteiger partial charge is 0.477 e. The number of aryl methyl sites for hydroxylation is 1. The number of hydrogen-bond donors (Lipinski definition) is 1. The molecule has 22 heavy (non-hydrogen) atoms. The van der Waals surface area contributed by atoms with Gasteiger partial charge in [-0.1, -0.05) is 53.2 Å². The van der Waals surface area contributed by atoms with Gasteiger partial charge in [-0.25, -0.2) is 4.79 Å². The summed E-state index contributed by atoms with van der Waals surface area (Å²) in [6.45, 7) is 3.46. The van der Waals surface area contributed by atoms with Gasteiger partial charge in [-0.15, -0.1) is 0 Å². The summed E-state index contributed by atoms with van der Waals surface area (Å²) >= 11 is 7.22. The predicted octanol–water partition coefficient (Wildman–Crippen LogP) is 2.58. The normalized spacial score (nSPS) is 24.4. The van der Waals surface area contributed by atoms with E-state index >= 15 is 0 Å². The first-order valence-electron chi connectivity index (χ1n) is 6.64. The molecule has 1 amide bonds. The fourth-order valence-corrected chi connectivity index (χ4v) is 3.92. The van der Waals surface area contributed by atoms with Crippen LogP contribution in [0.2, 0.25) is 0 Å². The summed E-state index contributed by atoms with van der Waals surface area (Å²) in [4.78, 5) is 29.1. The Labute approximate surface area is 136 Å². The van der Waals surface area contributed by atoms with Gasteiger partial charge in [-0.3, -0.25) is 14.7 Å². The number of likely N-dealkylation sites (tertiary alicyclic amines) is 1. The van der Waals surface area contributed by atoms with Gasteiger partial charge in [-0.05, 0) is 13.8 Å². The molecule has 2 heterocycles. The van der Waals surface area contributed by atoms with Gasteiger partial charge in [0.1, 0.15) is 16.1 Å². The smallest absolute Gasteiger partial charge is 0.353 e. The number of carboxylic acid groups (broad SMARTS) is 1. The highest BCUT2D eigenvalue weighted by molar-refractivity contribution is 8.15. The summed E-state index contributed by atoms with van der Waals surface area (Å²) in [5.41, 5.74) is 1.91. The highest BCUT2D eigenvalue weighted by Crippen LogP contribution is 2.43. The molecule has 5 nitrogen and oxygen atoms in total. The second-order valence-corrected chi connectivity index (χ2v) is 6.82. The van der Waals surface area contributed by atoms with E-state index in [2.05, 4.69) is 4.99 Å². The van der Waals surface area contributed by atoms with E-state index in [1.165, 1.54) is 23.6 Å². The standard InChI is InChI=1S/C15H13ClN2O3S/c1-7-3-5-9(6-4-7)12-17-10-13(19)18(14(10)22-12)11(8(2)16)15(20)21/h3-6,10,14H,1-2H3,(H,20,21). The Kier molecular flexibility index (Phi) is 3.74. The number of amides is 1. The van der Waals surface area contributed by atoms with E-state index in [1.54, 1.807) is 0 Å². The van der Waals surface area contributed by atoms with Crippen LogP contribution >= 0.6 is 23.4 Å². The molecule has 0 aromatic heterocycles. The lowest BCUT2D eigenvalue weighted by atomic mass is 10.1. The van der Waals surface area contributed by atoms with Gasteiger partial charge in [0.15, 0.2) is 6.04 Å². The maximum Gasteiger partial charge on any atom is 0.353 e. The number of allylic oxidation sites excluding steroid dienone is 1. The number of benzene rings is 1. The first kappa shape index (κ1) is 15.1. The topological polar surface area (TPSA) is 70.0 Å². The second-order valence-electron chi connectivity index (χ2n) is 5.15. The van der Waals surface area contributed by atoms with Crippen molar-refractivity contribution >= 4 is 40.3 Å². The van der Waals surface area contributed by atoms with E-state index in [0.717, 1.165) is 16.2 Å². The van der Waals surface area contributed by atoms with E-state index in [0.29, 0.717) is 0 Å². The van der Waals surface area contributed by atoms with Gasteiger partial charge < -0.3 is 5.11 Å². The molecule has 2 atom stereocenters. The van der Waals surface area contributed by atoms with Gasteiger partial charge >= 0.3 is 5.97 Å². The van der Waals surface area contributed by atoms with E-state index in [-0.39, 0.29) is 22.0 Å². The molecule has 1 saturated heterocycles. The summed E-state index contributed by atoms with van der Waals surface area (Å²) in [6.07, 6.45) is 0. The maximum absolute atomic E-state index is 12.2. The van der Waals surface area contributed by atoms with Crippen LogP contribution in [0.5, 0.6) is 0 Å². The lowest BCUT2D eigenvalue weighted by Gasteiger charge is -2.41. The minimum absolute atomic E-state index is 0.0867. The summed E-state index contributed by atoms with van der Waals surface area (Å²) in [5.74, 6) is -1.53. The van der Waals surface area contributed by atoms with Crippen LogP contribution in [-0.4, -0.2) is 38.3 Å². The third kappa shape index (κ3) is 2.32. The molecule has 1 N–H and O–H groups in total. The number of nitrogens with zero attached hydrogens (tertiary/aromatic N) is 2. The number of fused-ring (bicyclic) bond motifs is 1. The third-order valence-electron chi connectivity index (χ3n) is 3.57. The number of aliphatic carboxylic acids is 1. The van der Waals surface area contributed by atoms with Crippen LogP contribution in [0.15, 0.2) is 40.0 Å². The van der Waals surface area contributed by atoms with Gasteiger partial charge in [0.25, 0.3) is 5.91 Å². The minimum atomic E-state index is -1.20. The fourth-order valence-electron chi connectivity index (χ4n) is 2.45. The quantitative estimate of drug-likeness (QED) is 0.680. The van der Waals surface area contributed by atoms with E-state index in [9.17, 15) is 14.7 Å². The first-order chi connectivity index (χ1) is 10.4. The minimum Gasteiger partial charge on any atom is -0.477 e. The molecule has 2 aliphatic rings. The molecular formula is C15H13ClN2O3S. The van der Waals surface area contributed by atoms with E-state index < -0.39 is 12.0 Å². The highest BCUT2D eigenvalue weighted by atomic mass is 35.5. The monoisotopic (exact) mass is 336 g/mol. The van der Waals surface area contributed by atoms with Crippen LogP contribution in [0.3, 0.4) is 0 Å². The zero-order valence-electron chi connectivity index (χ0n) is 11.9. The zero-order valence-corrected chi connectivity index (χ0v) is 13.5. The molecule has 1 aromatic rings. The molecule has 0 saturated carbocycles. The van der Waals surface area contributed by atoms with Crippen LogP contribution in [-0.2, 0) is 9.59 Å². The molecule has 1 fully saturated rings. The van der Waals surface area contributed by atoms with Crippen LogP contribution in [0.1, 0.15) is 18.1 Å². The van der Waals surface area contributed by atoms with Crippen molar-refractivity contribution in [3.63, 3.8) is 0 Å². The molecule has 7 heteroatoms. The van der Waals surface area contributed by atoms with Crippen molar-refractivity contribution in [1.29, 1.82) is 0 Å². The number of hydrogen-bond acceptors (Lipinski definition) is 4. The zero-order chi connectivity index (χ0) is 16.0. The number of rotatable bonds is 3. The molecule has 3 rings (SSSR count). The van der Waals surface area contributed by atoms with Gasteiger partial charge in [-0.2, -0.15) is 0 Å². The van der Waals surface area contributed by atoms with Crippen LogP contribution < -0.4 is 0 Å². The molecule has 0 radical (unpaired) electrons. The number of β-lactam (4-membered cyclic amide) rings is 1. The fraction of sp³-hybridized carbons (Fsp3) is 0.267. The number of carboxylic acids is 1. The first-order valence-corrected chi connectivity index (χ1v) is 7.90. The predicted molar refractivity (Wildman–Crippen MR) is 85.9 cm³/mol. The Morgan fingerprint density at radius 1 is 1.36 bits per heavy atom. The van der Waals surface area contributed by atoms with Crippen molar-refractivity contribution in [2.45, 2.75) is 25.3 Å². The Bertz CT molecular complexity index is 723. The summed E-state index contributed by atoms with van der Waals surface area (Å²) in [5, 5.41) is 9.76. The van der Waals surface area contributed by atoms with Crippen molar-refractivity contribution in [1.82, 2.24) is 4.90 Å². The van der Waals surface area contributed by atoms with Crippen LogP contribution in [0.4, 0.5) is 0 Å². The lowest BCUT2D eigenvalue weighted by Crippen LogP contribution is -2.61. The summed E-state index contributed by atoms with van der Waals surface area (Å²) in [7, 11) is 0. The van der Waals surface area contributed by atoms with Crippen LogP contribution in [0.25, 0.3) is 0 Å².